The number of benzene rings is 1. The van der Waals surface area contributed by atoms with Crippen LogP contribution in [0.25, 0.3) is 0 Å². The van der Waals surface area contributed by atoms with Crippen molar-refractivity contribution in [2.45, 2.75) is 20.3 Å². The molecule has 0 bridgehead atoms. The maximum atomic E-state index is 13.1. The number of halogens is 1. The predicted molar refractivity (Wildman–Crippen MR) is 79.8 cm³/mol. The quantitative estimate of drug-likeness (QED) is 0.688. The third-order valence-electron chi connectivity index (χ3n) is 3.44. The fraction of sp³-hybridized carbons (Fsp3) is 0.200. The molecule has 23 heavy (non-hydrogen) atoms. The van der Waals surface area contributed by atoms with Crippen LogP contribution in [0.4, 0.5) is 14.9 Å². The highest BCUT2D eigenvalue weighted by Gasteiger charge is 2.24. The molecule has 7 nitrogen and oxygen atoms in total. The molecule has 0 spiro atoms. The molecule has 1 aromatic heterocycles. The van der Waals surface area contributed by atoms with Crippen molar-refractivity contribution >= 4 is 11.8 Å². The number of carbonyl (C=O) groups excluding carboxylic acids is 1. The Labute approximate surface area is 131 Å². The van der Waals surface area contributed by atoms with Gasteiger partial charge < -0.3 is 10.5 Å². The van der Waals surface area contributed by atoms with Crippen LogP contribution in [0.1, 0.15) is 22.3 Å². The number of nitro groups is 1. The number of nitrogens with zero attached hydrogens (tertiary/aromatic N) is 2. The molecule has 1 amide bonds. The average Bonchev–Trinajstić information content (AvgIpc) is 2.43. The summed E-state index contributed by atoms with van der Waals surface area (Å²) >= 11 is 0. The first-order valence-electron chi connectivity index (χ1n) is 6.64. The molecule has 120 valence electrons. The first-order valence-corrected chi connectivity index (χ1v) is 6.64. The van der Waals surface area contributed by atoms with Gasteiger partial charge in [-0.25, -0.2) is 14.2 Å². The Hall–Kier alpha value is -3.03. The molecule has 0 saturated carbocycles. The number of nitrogens with two attached hydrogens (primary N) is 1. The van der Waals surface area contributed by atoms with Gasteiger partial charge in [-0.05, 0) is 49.1 Å². The minimum Gasteiger partial charge on any atom is -0.384 e. The van der Waals surface area contributed by atoms with Gasteiger partial charge in [0.15, 0.2) is 0 Å². The third kappa shape index (κ3) is 3.60. The summed E-state index contributed by atoms with van der Waals surface area (Å²) in [5, 5.41) is 11.2. The molecular weight excluding hydrogens is 305 g/mol. The Morgan fingerprint density at radius 2 is 2.09 bits per heavy atom. The molecule has 0 saturated heterocycles. The molecule has 0 aliphatic rings. The number of pyridine rings is 1. The second-order valence-electron chi connectivity index (χ2n) is 4.99. The minimum absolute atomic E-state index is 0.310. The number of amides is 1. The second-order valence-corrected chi connectivity index (χ2v) is 4.99. The zero-order valence-corrected chi connectivity index (χ0v) is 12.5. The number of ether oxygens (including phenoxy) is 1. The zero-order valence-electron chi connectivity index (χ0n) is 12.5. The van der Waals surface area contributed by atoms with E-state index in [1.54, 1.807) is 13.0 Å². The SMILES string of the molecule is Cc1cc(F)ccc1Cc1cnc(OC(N)=O)c([N+](=O)[O-])c1C. The van der Waals surface area contributed by atoms with E-state index in [1.807, 2.05) is 0 Å². The minimum atomic E-state index is -1.18. The maximum absolute atomic E-state index is 13.1. The normalized spacial score (nSPS) is 10.4. The third-order valence-corrected chi connectivity index (χ3v) is 3.44. The highest BCUT2D eigenvalue weighted by atomic mass is 19.1. The van der Waals surface area contributed by atoms with Gasteiger partial charge in [-0.1, -0.05) is 6.07 Å². The van der Waals surface area contributed by atoms with Crippen molar-refractivity contribution < 1.29 is 18.8 Å². The summed E-state index contributed by atoms with van der Waals surface area (Å²) in [5.41, 5.74) is 6.89. The average molecular weight is 319 g/mol. The molecule has 2 rings (SSSR count). The summed E-state index contributed by atoms with van der Waals surface area (Å²) < 4.78 is 17.7. The van der Waals surface area contributed by atoms with E-state index in [1.165, 1.54) is 25.3 Å². The van der Waals surface area contributed by atoms with Crippen LogP contribution in [0.2, 0.25) is 0 Å². The van der Waals surface area contributed by atoms with Gasteiger partial charge in [-0.3, -0.25) is 10.1 Å². The van der Waals surface area contributed by atoms with E-state index in [2.05, 4.69) is 9.72 Å². The van der Waals surface area contributed by atoms with Gasteiger partial charge >= 0.3 is 17.7 Å². The lowest BCUT2D eigenvalue weighted by Crippen LogP contribution is -2.18. The molecule has 0 atom stereocenters. The summed E-state index contributed by atoms with van der Waals surface area (Å²) in [4.78, 5) is 25.2. The van der Waals surface area contributed by atoms with Crippen LogP contribution < -0.4 is 10.5 Å². The van der Waals surface area contributed by atoms with Crippen LogP contribution in [0, 0.1) is 29.8 Å². The first kappa shape index (κ1) is 16.3. The van der Waals surface area contributed by atoms with E-state index in [-0.39, 0.29) is 5.82 Å². The molecule has 0 unspecified atom stereocenters. The topological polar surface area (TPSA) is 108 Å². The molecule has 1 aromatic carbocycles. The smallest absolute Gasteiger partial charge is 0.384 e. The monoisotopic (exact) mass is 319 g/mol. The molecule has 1 heterocycles. The summed E-state index contributed by atoms with van der Waals surface area (Å²) in [6.45, 7) is 3.28. The largest absolute Gasteiger partial charge is 0.411 e. The Balaban J connectivity index is 2.46. The van der Waals surface area contributed by atoms with Gasteiger partial charge in [0, 0.05) is 11.8 Å². The van der Waals surface area contributed by atoms with Crippen LogP contribution in [-0.4, -0.2) is 16.0 Å². The molecule has 0 fully saturated rings. The molecule has 0 aliphatic carbocycles. The van der Waals surface area contributed by atoms with Crippen molar-refractivity contribution in [2.24, 2.45) is 5.73 Å². The standard InChI is InChI=1S/C15H14FN3O4/c1-8-5-12(16)4-3-10(8)6-11-7-18-14(23-15(17)20)13(9(11)2)19(21)22/h3-5,7H,6H2,1-2H3,(H2,17,20). The summed E-state index contributed by atoms with van der Waals surface area (Å²) in [6.07, 6.45) is 0.536. The molecule has 2 N–H and O–H groups in total. The molecule has 8 heteroatoms. The number of rotatable bonds is 4. The van der Waals surface area contributed by atoms with Gasteiger partial charge in [0.25, 0.3) is 0 Å². The zero-order chi connectivity index (χ0) is 17.1. The Bertz CT molecular complexity index is 793. The number of carbonyl (C=O) groups is 1. The van der Waals surface area contributed by atoms with Crippen LogP contribution in [0.15, 0.2) is 24.4 Å². The maximum Gasteiger partial charge on any atom is 0.411 e. The second kappa shape index (κ2) is 6.39. The van der Waals surface area contributed by atoms with E-state index < -0.39 is 22.6 Å². The van der Waals surface area contributed by atoms with E-state index >= 15 is 0 Å². The molecule has 0 radical (unpaired) electrons. The van der Waals surface area contributed by atoms with Crippen molar-refractivity contribution in [1.29, 1.82) is 0 Å². The van der Waals surface area contributed by atoms with Crippen molar-refractivity contribution in [2.75, 3.05) is 0 Å². The lowest BCUT2D eigenvalue weighted by Gasteiger charge is -2.10. The van der Waals surface area contributed by atoms with Crippen LogP contribution in [0.5, 0.6) is 5.88 Å². The summed E-state index contributed by atoms with van der Waals surface area (Å²) in [6, 6.07) is 4.32. The first-order chi connectivity index (χ1) is 10.8. The van der Waals surface area contributed by atoms with E-state index in [0.717, 1.165) is 11.1 Å². The van der Waals surface area contributed by atoms with Crippen molar-refractivity contribution in [3.05, 3.63) is 62.6 Å². The van der Waals surface area contributed by atoms with Crippen LogP contribution >= 0.6 is 0 Å². The molecular formula is C15H14FN3O4. The van der Waals surface area contributed by atoms with Crippen molar-refractivity contribution in [1.82, 2.24) is 4.98 Å². The number of primary amides is 1. The fourth-order valence-electron chi connectivity index (χ4n) is 2.23. The van der Waals surface area contributed by atoms with E-state index in [9.17, 15) is 19.3 Å². The highest BCUT2D eigenvalue weighted by molar-refractivity contribution is 5.69. The Morgan fingerprint density at radius 1 is 1.39 bits per heavy atom. The van der Waals surface area contributed by atoms with E-state index in [4.69, 9.17) is 5.73 Å². The number of hydrogen-bond acceptors (Lipinski definition) is 5. The number of aryl methyl sites for hydroxylation is 1. The fourth-order valence-corrected chi connectivity index (χ4v) is 2.23. The lowest BCUT2D eigenvalue weighted by atomic mass is 9.98. The predicted octanol–water partition coefficient (Wildman–Crippen LogP) is 2.79. The van der Waals surface area contributed by atoms with Crippen molar-refractivity contribution in [3.63, 3.8) is 0 Å². The van der Waals surface area contributed by atoms with Crippen molar-refractivity contribution in [3.8, 4) is 5.88 Å². The number of aromatic nitrogens is 1. The van der Waals surface area contributed by atoms with Gasteiger partial charge in [-0.15, -0.1) is 0 Å². The molecule has 0 aliphatic heterocycles. The number of hydrogen-bond donors (Lipinski definition) is 1. The van der Waals surface area contributed by atoms with Gasteiger partial charge in [0.1, 0.15) is 5.82 Å². The summed E-state index contributed by atoms with van der Waals surface area (Å²) in [7, 11) is 0. The van der Waals surface area contributed by atoms with E-state index in [0.29, 0.717) is 17.5 Å². The van der Waals surface area contributed by atoms with Gasteiger partial charge in [0.2, 0.25) is 0 Å². The Morgan fingerprint density at radius 3 is 2.65 bits per heavy atom. The molecule has 2 aromatic rings. The van der Waals surface area contributed by atoms with Crippen LogP contribution in [0.3, 0.4) is 0 Å². The van der Waals surface area contributed by atoms with Gasteiger partial charge in [-0.2, -0.15) is 0 Å². The highest BCUT2D eigenvalue weighted by Crippen LogP contribution is 2.31. The van der Waals surface area contributed by atoms with Gasteiger partial charge in [0.05, 0.1) is 4.92 Å². The Kier molecular flexibility index (Phi) is 4.54. The van der Waals surface area contributed by atoms with Crippen LogP contribution in [-0.2, 0) is 6.42 Å². The lowest BCUT2D eigenvalue weighted by molar-refractivity contribution is -0.386. The summed E-state index contributed by atoms with van der Waals surface area (Å²) in [5.74, 6) is -0.795.